The molecule has 0 radical (unpaired) electrons. The van der Waals surface area contributed by atoms with Crippen molar-refractivity contribution >= 4 is 5.78 Å². The normalized spacial score (nSPS) is 10.4. The van der Waals surface area contributed by atoms with E-state index < -0.39 is 0 Å². The van der Waals surface area contributed by atoms with Gasteiger partial charge in [-0.1, -0.05) is 0 Å². The molecule has 7 heteroatoms. The van der Waals surface area contributed by atoms with Crippen LogP contribution in [-0.4, -0.2) is 36.0 Å². The van der Waals surface area contributed by atoms with Crippen LogP contribution in [0.5, 0.6) is 0 Å². The molecule has 0 amide bonds. The van der Waals surface area contributed by atoms with Crippen molar-refractivity contribution in [1.82, 2.24) is 30.2 Å². The van der Waals surface area contributed by atoms with Gasteiger partial charge in [-0.15, -0.1) is 10.2 Å². The highest BCUT2D eigenvalue weighted by molar-refractivity contribution is 5.93. The van der Waals surface area contributed by atoms with Gasteiger partial charge in [-0.05, 0) is 5.21 Å². The Morgan fingerprint density at radius 3 is 3.07 bits per heavy atom. The van der Waals surface area contributed by atoms with Gasteiger partial charge >= 0.3 is 0 Å². The zero-order valence-electron chi connectivity index (χ0n) is 7.51. The average molecular weight is 192 g/mol. The predicted octanol–water partition coefficient (Wildman–Crippen LogP) is -0.641. The van der Waals surface area contributed by atoms with Gasteiger partial charge in [-0.3, -0.25) is 4.79 Å². The molecule has 0 fully saturated rings. The van der Waals surface area contributed by atoms with E-state index in [1.54, 1.807) is 13.2 Å². The lowest BCUT2D eigenvalue weighted by atomic mass is 10.2. The number of nitrogens with one attached hydrogen (secondary N) is 1. The van der Waals surface area contributed by atoms with E-state index in [1.807, 2.05) is 0 Å². The molecule has 0 aliphatic heterocycles. The summed E-state index contributed by atoms with van der Waals surface area (Å²) in [7, 11) is 1.65. The smallest absolute Gasteiger partial charge is 0.205 e. The van der Waals surface area contributed by atoms with E-state index in [-0.39, 0.29) is 12.2 Å². The van der Waals surface area contributed by atoms with Gasteiger partial charge < -0.3 is 4.98 Å². The number of tetrazole rings is 1. The summed E-state index contributed by atoms with van der Waals surface area (Å²) in [5.41, 5.74) is 0. The summed E-state index contributed by atoms with van der Waals surface area (Å²) in [6.45, 7) is 0. The number of ketones is 1. The highest BCUT2D eigenvalue weighted by Gasteiger charge is 2.12. The second kappa shape index (κ2) is 3.36. The zero-order valence-corrected chi connectivity index (χ0v) is 7.51. The second-order valence-corrected chi connectivity index (χ2v) is 2.73. The number of carbonyl (C=O) groups is 1. The maximum absolute atomic E-state index is 11.5. The molecule has 0 saturated carbocycles. The van der Waals surface area contributed by atoms with Crippen molar-refractivity contribution in [3.05, 3.63) is 24.0 Å². The van der Waals surface area contributed by atoms with Crippen LogP contribution in [0.4, 0.5) is 0 Å². The van der Waals surface area contributed by atoms with Crippen LogP contribution in [-0.2, 0) is 13.5 Å². The molecule has 14 heavy (non-hydrogen) atoms. The third-order valence-corrected chi connectivity index (χ3v) is 1.63. The first-order valence-electron chi connectivity index (χ1n) is 4.01. The lowest BCUT2D eigenvalue weighted by molar-refractivity contribution is 0.0981. The predicted molar refractivity (Wildman–Crippen MR) is 45.4 cm³/mol. The monoisotopic (exact) mass is 192 g/mol. The Labute approximate surface area is 79.2 Å². The average Bonchev–Trinajstić information content (AvgIpc) is 2.75. The quantitative estimate of drug-likeness (QED) is 0.653. The minimum Gasteiger partial charge on any atom is -0.342 e. The molecule has 0 unspecified atom stereocenters. The molecule has 2 heterocycles. The zero-order chi connectivity index (χ0) is 9.97. The topological polar surface area (TPSA) is 89.4 Å². The third kappa shape index (κ3) is 1.65. The Bertz CT molecular complexity index is 431. The highest BCUT2D eigenvalue weighted by atomic mass is 16.1. The van der Waals surface area contributed by atoms with Gasteiger partial charge in [0.2, 0.25) is 5.78 Å². The number of nitrogens with zero attached hydrogens (tertiary/aromatic N) is 5. The van der Waals surface area contributed by atoms with Crippen LogP contribution in [0.25, 0.3) is 0 Å². The maximum Gasteiger partial charge on any atom is 0.205 e. The largest absolute Gasteiger partial charge is 0.342 e. The van der Waals surface area contributed by atoms with Gasteiger partial charge in [-0.2, -0.15) is 4.80 Å². The molecule has 1 N–H and O–H groups in total. The number of H-pyrrole nitrogens is 1. The number of hydrogen-bond acceptors (Lipinski definition) is 5. The summed E-state index contributed by atoms with van der Waals surface area (Å²) in [6.07, 6.45) is 3.23. The summed E-state index contributed by atoms with van der Waals surface area (Å²) >= 11 is 0. The molecule has 0 saturated heterocycles. The minimum atomic E-state index is -0.150. The summed E-state index contributed by atoms with van der Waals surface area (Å²) < 4.78 is 0. The number of Topliss-reactive ketones (excluding diaryl/α,β-unsaturated/α-hetero) is 1. The van der Waals surface area contributed by atoms with Crippen molar-refractivity contribution in [2.24, 2.45) is 7.05 Å². The molecule has 7 nitrogen and oxygen atoms in total. The van der Waals surface area contributed by atoms with Gasteiger partial charge in [0.1, 0.15) is 0 Å². The van der Waals surface area contributed by atoms with Crippen LogP contribution >= 0.6 is 0 Å². The van der Waals surface area contributed by atoms with E-state index in [0.29, 0.717) is 11.6 Å². The van der Waals surface area contributed by atoms with Crippen LogP contribution < -0.4 is 0 Å². The van der Waals surface area contributed by atoms with Crippen molar-refractivity contribution in [3.63, 3.8) is 0 Å². The van der Waals surface area contributed by atoms with Crippen LogP contribution in [0.15, 0.2) is 12.4 Å². The first kappa shape index (κ1) is 8.54. The van der Waals surface area contributed by atoms with Crippen LogP contribution in [0.1, 0.15) is 16.4 Å². The number of carbonyl (C=O) groups excluding carboxylic acids is 1. The summed E-state index contributed by atoms with van der Waals surface area (Å²) in [4.78, 5) is 19.3. The molecular formula is C7H8N6O. The van der Waals surface area contributed by atoms with Crippen molar-refractivity contribution in [3.8, 4) is 0 Å². The highest BCUT2D eigenvalue weighted by Crippen LogP contribution is 1.96. The molecule has 0 aliphatic rings. The third-order valence-electron chi connectivity index (χ3n) is 1.63. The first-order valence-corrected chi connectivity index (χ1v) is 4.01. The maximum atomic E-state index is 11.5. The Balaban J connectivity index is 2.09. The van der Waals surface area contributed by atoms with Crippen LogP contribution in [0.2, 0.25) is 0 Å². The second-order valence-electron chi connectivity index (χ2n) is 2.73. The van der Waals surface area contributed by atoms with Crippen LogP contribution in [0, 0.1) is 0 Å². The molecule has 0 aromatic carbocycles. The standard InChI is InChI=1S/C7H8N6O/c1-13-11-6(10-12-13)4-5(14)7-8-2-3-9-7/h2-3H,4H2,1H3,(H,8,9). The molecule has 0 bridgehead atoms. The van der Waals surface area contributed by atoms with Crippen LogP contribution in [0.3, 0.4) is 0 Å². The molecule has 2 aromatic rings. The molecule has 0 aliphatic carbocycles. The first-order chi connectivity index (χ1) is 6.75. The van der Waals surface area contributed by atoms with E-state index in [9.17, 15) is 4.79 Å². The SMILES string of the molecule is Cn1nnc(CC(=O)c2ncc[nH]2)n1. The number of imidazole rings is 1. The molecular weight excluding hydrogens is 184 g/mol. The van der Waals surface area contributed by atoms with Crippen molar-refractivity contribution in [1.29, 1.82) is 0 Å². The lowest BCUT2D eigenvalue weighted by Gasteiger charge is -1.90. The lowest BCUT2D eigenvalue weighted by Crippen LogP contribution is -2.07. The minimum absolute atomic E-state index is 0.112. The van der Waals surface area contributed by atoms with Crippen molar-refractivity contribution in [2.75, 3.05) is 0 Å². The molecule has 0 atom stereocenters. The van der Waals surface area contributed by atoms with E-state index in [4.69, 9.17) is 0 Å². The van der Waals surface area contributed by atoms with E-state index in [0.717, 1.165) is 0 Å². The number of aromatic nitrogens is 6. The Morgan fingerprint density at radius 1 is 1.64 bits per heavy atom. The van der Waals surface area contributed by atoms with Gasteiger partial charge in [0.15, 0.2) is 11.6 Å². The van der Waals surface area contributed by atoms with Crippen molar-refractivity contribution in [2.45, 2.75) is 6.42 Å². The summed E-state index contributed by atoms with van der Waals surface area (Å²) in [5, 5.41) is 11.2. The molecule has 2 aromatic heterocycles. The summed E-state index contributed by atoms with van der Waals surface area (Å²) in [5.74, 6) is 0.564. The Kier molecular flexibility index (Phi) is 2.05. The Hall–Kier alpha value is -2.05. The Morgan fingerprint density at radius 2 is 2.50 bits per heavy atom. The molecule has 2 rings (SSSR count). The number of aryl methyl sites for hydroxylation is 1. The van der Waals surface area contributed by atoms with Crippen molar-refractivity contribution < 1.29 is 4.79 Å². The van der Waals surface area contributed by atoms with E-state index in [2.05, 4.69) is 25.4 Å². The van der Waals surface area contributed by atoms with Gasteiger partial charge in [0, 0.05) is 12.4 Å². The fraction of sp³-hybridized carbons (Fsp3) is 0.286. The van der Waals surface area contributed by atoms with E-state index in [1.165, 1.54) is 11.0 Å². The molecule has 72 valence electrons. The number of rotatable bonds is 3. The van der Waals surface area contributed by atoms with Gasteiger partial charge in [0.25, 0.3) is 0 Å². The summed E-state index contributed by atoms with van der Waals surface area (Å²) in [6, 6.07) is 0. The number of aromatic amines is 1. The molecule has 0 spiro atoms. The fourth-order valence-corrected chi connectivity index (χ4v) is 1.04. The number of hydrogen-bond donors (Lipinski definition) is 1. The van der Waals surface area contributed by atoms with Gasteiger partial charge in [0.05, 0.1) is 13.5 Å². The van der Waals surface area contributed by atoms with Gasteiger partial charge in [-0.25, -0.2) is 4.98 Å². The fourth-order valence-electron chi connectivity index (χ4n) is 1.04. The van der Waals surface area contributed by atoms with E-state index >= 15 is 0 Å².